The maximum Gasteiger partial charge on any atom is 0.341 e. The Balaban J connectivity index is 2.88. The van der Waals surface area contributed by atoms with Gasteiger partial charge in [0.15, 0.2) is 6.61 Å². The molecule has 7 heteroatoms. The molecular weight excluding hydrogens is 340 g/mol. The predicted octanol–water partition coefficient (Wildman–Crippen LogP) is 3.42. The van der Waals surface area contributed by atoms with Crippen LogP contribution in [0.25, 0.3) is 0 Å². The minimum atomic E-state index is -0.606. The summed E-state index contributed by atoms with van der Waals surface area (Å²) in [5.41, 5.74) is 0.487. The van der Waals surface area contributed by atoms with Gasteiger partial charge in [0, 0.05) is 16.3 Å². The van der Waals surface area contributed by atoms with E-state index in [0.717, 1.165) is 16.9 Å². The Labute approximate surface area is 153 Å². The molecule has 0 aliphatic carbocycles. The van der Waals surface area contributed by atoms with Crippen molar-refractivity contribution in [3.63, 3.8) is 0 Å². The Hall–Kier alpha value is -1.89. The molecule has 6 nitrogen and oxygen atoms in total. The molecule has 0 fully saturated rings. The molecule has 2 amide bonds. The van der Waals surface area contributed by atoms with Gasteiger partial charge in [-0.1, -0.05) is 27.7 Å². The van der Waals surface area contributed by atoms with Gasteiger partial charge in [-0.2, -0.15) is 0 Å². The number of aryl methyl sites for hydroxylation is 1. The van der Waals surface area contributed by atoms with Crippen LogP contribution in [0.2, 0.25) is 0 Å². The Morgan fingerprint density at radius 1 is 1.20 bits per heavy atom. The molecule has 0 aliphatic heterocycles. The van der Waals surface area contributed by atoms with E-state index in [1.165, 1.54) is 11.3 Å². The Morgan fingerprint density at radius 2 is 1.80 bits per heavy atom. The summed E-state index contributed by atoms with van der Waals surface area (Å²) in [6.07, 6.45) is 0.797. The van der Waals surface area contributed by atoms with Crippen LogP contribution in [-0.4, -0.2) is 30.4 Å². The van der Waals surface area contributed by atoms with E-state index >= 15 is 0 Å². The molecule has 0 radical (unpaired) electrons. The van der Waals surface area contributed by atoms with E-state index in [1.54, 1.807) is 27.7 Å². The summed E-state index contributed by atoms with van der Waals surface area (Å²) in [6.45, 7) is 12.6. The third-order valence-electron chi connectivity index (χ3n) is 3.85. The molecule has 25 heavy (non-hydrogen) atoms. The van der Waals surface area contributed by atoms with Gasteiger partial charge in [0.25, 0.3) is 5.91 Å². The summed E-state index contributed by atoms with van der Waals surface area (Å²) in [4.78, 5) is 37.4. The standard InChI is InChI=1S/C18H28N2O4S/c1-8-10(2)19-13(21)9-24-16(22)14-11(3)12(4)25-15(14)20-17(23)18(5,6)7/h10H,8-9H2,1-7H3,(H,19,21)(H,20,23). The first-order chi connectivity index (χ1) is 11.5. The summed E-state index contributed by atoms with van der Waals surface area (Å²) in [6, 6.07) is 0.0259. The summed E-state index contributed by atoms with van der Waals surface area (Å²) < 4.78 is 5.14. The summed E-state index contributed by atoms with van der Waals surface area (Å²) in [5.74, 6) is -1.13. The molecule has 0 bridgehead atoms. The number of anilines is 1. The second kappa shape index (κ2) is 8.47. The Kier molecular flexibility index (Phi) is 7.17. The van der Waals surface area contributed by atoms with Crippen LogP contribution in [0.1, 0.15) is 61.8 Å². The van der Waals surface area contributed by atoms with E-state index in [9.17, 15) is 14.4 Å². The molecule has 1 aromatic heterocycles. The first-order valence-electron chi connectivity index (χ1n) is 8.35. The number of carbonyl (C=O) groups excluding carboxylic acids is 3. The van der Waals surface area contributed by atoms with E-state index in [4.69, 9.17) is 4.74 Å². The van der Waals surface area contributed by atoms with Crippen LogP contribution in [0.3, 0.4) is 0 Å². The lowest BCUT2D eigenvalue weighted by Crippen LogP contribution is -2.35. The summed E-state index contributed by atoms with van der Waals surface area (Å²) in [5, 5.41) is 6.00. The largest absolute Gasteiger partial charge is 0.452 e. The van der Waals surface area contributed by atoms with Crippen molar-refractivity contribution in [2.24, 2.45) is 5.41 Å². The molecule has 2 N–H and O–H groups in total. The minimum Gasteiger partial charge on any atom is -0.452 e. The highest BCUT2D eigenvalue weighted by Crippen LogP contribution is 2.34. The van der Waals surface area contributed by atoms with Gasteiger partial charge in [-0.3, -0.25) is 9.59 Å². The highest BCUT2D eigenvalue weighted by molar-refractivity contribution is 7.16. The topological polar surface area (TPSA) is 84.5 Å². The molecule has 140 valence electrons. The molecule has 1 rings (SSSR count). The third-order valence-corrected chi connectivity index (χ3v) is 4.97. The highest BCUT2D eigenvalue weighted by Gasteiger charge is 2.27. The quantitative estimate of drug-likeness (QED) is 0.754. The van der Waals surface area contributed by atoms with E-state index in [2.05, 4.69) is 10.6 Å². The van der Waals surface area contributed by atoms with Crippen molar-refractivity contribution in [1.82, 2.24) is 5.32 Å². The van der Waals surface area contributed by atoms with E-state index in [0.29, 0.717) is 10.6 Å². The lowest BCUT2D eigenvalue weighted by atomic mass is 9.96. The van der Waals surface area contributed by atoms with Gasteiger partial charge in [0.1, 0.15) is 5.00 Å². The fraction of sp³-hybridized carbons (Fsp3) is 0.611. The average Bonchev–Trinajstić information content (AvgIpc) is 2.78. The van der Waals surface area contributed by atoms with Crippen molar-refractivity contribution in [2.45, 2.75) is 60.9 Å². The van der Waals surface area contributed by atoms with E-state index < -0.39 is 11.4 Å². The second-order valence-electron chi connectivity index (χ2n) is 7.14. The number of carbonyl (C=O) groups is 3. The van der Waals surface area contributed by atoms with E-state index in [1.807, 2.05) is 20.8 Å². The van der Waals surface area contributed by atoms with Crippen molar-refractivity contribution in [2.75, 3.05) is 11.9 Å². The Bertz CT molecular complexity index is 659. The summed E-state index contributed by atoms with van der Waals surface area (Å²) >= 11 is 1.33. The SMILES string of the molecule is CCC(C)NC(=O)COC(=O)c1c(NC(=O)C(C)(C)C)sc(C)c1C. The third kappa shape index (κ3) is 5.85. The van der Waals surface area contributed by atoms with Crippen molar-refractivity contribution in [1.29, 1.82) is 0 Å². The molecule has 0 aromatic carbocycles. The van der Waals surface area contributed by atoms with Gasteiger partial charge in [-0.25, -0.2) is 4.79 Å². The highest BCUT2D eigenvalue weighted by atomic mass is 32.1. The molecule has 0 saturated carbocycles. The summed E-state index contributed by atoms with van der Waals surface area (Å²) in [7, 11) is 0. The zero-order valence-corrected chi connectivity index (χ0v) is 16.8. The zero-order valence-electron chi connectivity index (χ0n) is 16.0. The van der Waals surface area contributed by atoms with Crippen LogP contribution < -0.4 is 10.6 Å². The van der Waals surface area contributed by atoms with Crippen molar-refractivity contribution < 1.29 is 19.1 Å². The predicted molar refractivity (Wildman–Crippen MR) is 100 cm³/mol. The van der Waals surface area contributed by atoms with Gasteiger partial charge in [-0.05, 0) is 32.8 Å². The van der Waals surface area contributed by atoms with Gasteiger partial charge >= 0.3 is 5.97 Å². The zero-order chi connectivity index (χ0) is 19.4. The Morgan fingerprint density at radius 3 is 2.32 bits per heavy atom. The first-order valence-corrected chi connectivity index (χ1v) is 9.16. The van der Waals surface area contributed by atoms with Crippen LogP contribution in [0.4, 0.5) is 5.00 Å². The molecule has 1 aromatic rings. The van der Waals surface area contributed by atoms with E-state index in [-0.39, 0.29) is 24.5 Å². The average molecular weight is 368 g/mol. The fourth-order valence-corrected chi connectivity index (χ4v) is 2.92. The molecule has 0 saturated heterocycles. The number of esters is 1. The fourth-order valence-electron chi connectivity index (χ4n) is 1.87. The molecule has 0 aliphatic rings. The van der Waals surface area contributed by atoms with Crippen molar-refractivity contribution in [3.05, 3.63) is 16.0 Å². The monoisotopic (exact) mass is 368 g/mol. The number of amides is 2. The van der Waals surface area contributed by atoms with Gasteiger partial charge in [0.05, 0.1) is 5.56 Å². The van der Waals surface area contributed by atoms with Crippen LogP contribution in [0, 0.1) is 19.3 Å². The molecule has 1 atom stereocenters. The molecule has 1 heterocycles. The normalized spacial score (nSPS) is 12.4. The first kappa shape index (κ1) is 21.2. The van der Waals surface area contributed by atoms with Crippen molar-refractivity contribution >= 4 is 34.1 Å². The van der Waals surface area contributed by atoms with Gasteiger partial charge in [-0.15, -0.1) is 11.3 Å². The number of hydrogen-bond donors (Lipinski definition) is 2. The van der Waals surface area contributed by atoms with Gasteiger partial charge < -0.3 is 15.4 Å². The van der Waals surface area contributed by atoms with Gasteiger partial charge in [0.2, 0.25) is 5.91 Å². The number of ether oxygens (including phenoxy) is 1. The number of rotatable bonds is 6. The maximum atomic E-state index is 12.4. The molecule has 0 spiro atoms. The van der Waals surface area contributed by atoms with Crippen molar-refractivity contribution in [3.8, 4) is 0 Å². The van der Waals surface area contributed by atoms with Crippen LogP contribution in [0.5, 0.6) is 0 Å². The van der Waals surface area contributed by atoms with Crippen LogP contribution in [0.15, 0.2) is 0 Å². The molecular formula is C18H28N2O4S. The van der Waals surface area contributed by atoms with Crippen LogP contribution in [-0.2, 0) is 14.3 Å². The lowest BCUT2D eigenvalue weighted by molar-refractivity contribution is -0.125. The lowest BCUT2D eigenvalue weighted by Gasteiger charge is -2.17. The number of hydrogen-bond acceptors (Lipinski definition) is 5. The number of thiophene rings is 1. The molecule has 1 unspecified atom stereocenters. The smallest absolute Gasteiger partial charge is 0.341 e. The number of nitrogens with one attached hydrogen (secondary N) is 2. The van der Waals surface area contributed by atoms with Crippen LogP contribution >= 0.6 is 11.3 Å². The maximum absolute atomic E-state index is 12.4. The minimum absolute atomic E-state index is 0.0259. The second-order valence-corrected chi connectivity index (χ2v) is 8.37.